The monoisotopic (exact) mass is 264 g/mol. The van der Waals surface area contributed by atoms with Crippen LogP contribution < -0.4 is 10.6 Å². The van der Waals surface area contributed by atoms with Crippen molar-refractivity contribution in [3.05, 3.63) is 30.7 Å². The number of rotatable bonds is 6. The first-order valence-corrected chi connectivity index (χ1v) is 6.17. The van der Waals surface area contributed by atoms with Crippen LogP contribution in [0.5, 0.6) is 0 Å². The quantitative estimate of drug-likeness (QED) is 0.832. The fraction of sp³-hybridized carbons (Fsp3) is 0.417. The molecule has 0 bridgehead atoms. The summed E-state index contributed by atoms with van der Waals surface area (Å²) in [6.45, 7) is 5.26. The number of nitrogens with zero attached hydrogens (tertiary/aromatic N) is 4. The molecule has 0 saturated heterocycles. The minimum absolute atomic E-state index is 0.0214. The number of aromatic nitrogens is 4. The normalized spacial score (nSPS) is 12.2. The summed E-state index contributed by atoms with van der Waals surface area (Å²) in [5, 5.41) is 5.98. The zero-order valence-corrected chi connectivity index (χ0v) is 11.0. The van der Waals surface area contributed by atoms with Crippen molar-refractivity contribution in [3.63, 3.8) is 0 Å². The lowest BCUT2D eigenvalue weighted by Gasteiger charge is -2.15. The van der Waals surface area contributed by atoms with Crippen molar-refractivity contribution in [2.75, 3.05) is 17.2 Å². The highest BCUT2D eigenvalue weighted by Gasteiger charge is 2.10. The molecule has 2 heterocycles. The Hall–Kier alpha value is -2.18. The molecule has 0 aliphatic carbocycles. The second-order valence-electron chi connectivity index (χ2n) is 4.23. The highest BCUT2D eigenvalue weighted by atomic mass is 19.1. The molecule has 2 rings (SSSR count). The Kier molecular flexibility index (Phi) is 4.27. The van der Waals surface area contributed by atoms with Gasteiger partial charge in [0.2, 0.25) is 5.95 Å². The molecule has 0 amide bonds. The summed E-state index contributed by atoms with van der Waals surface area (Å²) in [5.41, 5.74) is 0. The van der Waals surface area contributed by atoms with Gasteiger partial charge >= 0.3 is 0 Å². The fourth-order valence-electron chi connectivity index (χ4n) is 1.70. The Morgan fingerprint density at radius 2 is 2.32 bits per heavy atom. The van der Waals surface area contributed by atoms with Crippen molar-refractivity contribution in [1.29, 1.82) is 0 Å². The molecule has 1 atom stereocenters. The summed E-state index contributed by atoms with van der Waals surface area (Å²) in [4.78, 5) is 11.9. The van der Waals surface area contributed by atoms with Crippen LogP contribution in [0.2, 0.25) is 0 Å². The standard InChI is InChI=1S/C12H17FN6/c1-3-15-12-16-6-10(13)11(18-12)17-9(2)7-19-5-4-14-8-19/h4-6,8-9H,3,7H2,1-2H3,(H2,15,16,17,18). The van der Waals surface area contributed by atoms with Gasteiger partial charge in [-0.05, 0) is 13.8 Å². The van der Waals surface area contributed by atoms with Gasteiger partial charge in [-0.25, -0.2) is 14.4 Å². The van der Waals surface area contributed by atoms with Crippen LogP contribution in [0.25, 0.3) is 0 Å². The maximum absolute atomic E-state index is 13.6. The predicted octanol–water partition coefficient (Wildman–Crippen LogP) is 1.74. The maximum Gasteiger partial charge on any atom is 0.224 e. The molecular formula is C12H17FN6. The van der Waals surface area contributed by atoms with Gasteiger partial charge in [0.05, 0.1) is 12.5 Å². The highest BCUT2D eigenvalue weighted by Crippen LogP contribution is 2.13. The zero-order chi connectivity index (χ0) is 13.7. The second kappa shape index (κ2) is 6.12. The summed E-state index contributed by atoms with van der Waals surface area (Å²) in [6, 6.07) is 0.0214. The van der Waals surface area contributed by atoms with Crippen LogP contribution in [0.15, 0.2) is 24.9 Å². The van der Waals surface area contributed by atoms with Gasteiger partial charge < -0.3 is 15.2 Å². The second-order valence-corrected chi connectivity index (χ2v) is 4.23. The summed E-state index contributed by atoms with van der Waals surface area (Å²) in [6.07, 6.45) is 6.45. The number of hydrogen-bond donors (Lipinski definition) is 2. The molecule has 2 aromatic rings. The molecule has 0 fully saturated rings. The van der Waals surface area contributed by atoms with Crippen molar-refractivity contribution in [1.82, 2.24) is 19.5 Å². The Morgan fingerprint density at radius 3 is 3.00 bits per heavy atom. The lowest BCUT2D eigenvalue weighted by Crippen LogP contribution is -2.23. The molecule has 0 radical (unpaired) electrons. The average Bonchev–Trinajstić information content (AvgIpc) is 2.86. The third-order valence-electron chi connectivity index (χ3n) is 2.51. The minimum Gasteiger partial charge on any atom is -0.363 e. The van der Waals surface area contributed by atoms with Crippen LogP contribution >= 0.6 is 0 Å². The van der Waals surface area contributed by atoms with Gasteiger partial charge in [0.1, 0.15) is 0 Å². The molecule has 7 heteroatoms. The van der Waals surface area contributed by atoms with E-state index < -0.39 is 5.82 Å². The predicted molar refractivity (Wildman–Crippen MR) is 71.5 cm³/mol. The maximum atomic E-state index is 13.6. The molecule has 19 heavy (non-hydrogen) atoms. The van der Waals surface area contributed by atoms with Crippen molar-refractivity contribution in [3.8, 4) is 0 Å². The molecule has 1 unspecified atom stereocenters. The van der Waals surface area contributed by atoms with E-state index in [0.29, 0.717) is 19.0 Å². The van der Waals surface area contributed by atoms with Gasteiger partial charge in [0.15, 0.2) is 11.6 Å². The van der Waals surface area contributed by atoms with Crippen molar-refractivity contribution in [2.24, 2.45) is 0 Å². The molecule has 0 aliphatic heterocycles. The average molecular weight is 264 g/mol. The lowest BCUT2D eigenvalue weighted by molar-refractivity contribution is 0.590. The van der Waals surface area contributed by atoms with Gasteiger partial charge in [0, 0.05) is 31.5 Å². The van der Waals surface area contributed by atoms with Gasteiger partial charge in [-0.2, -0.15) is 4.98 Å². The smallest absolute Gasteiger partial charge is 0.224 e. The Balaban J connectivity index is 2.02. The summed E-state index contributed by atoms with van der Waals surface area (Å²) < 4.78 is 15.5. The third-order valence-corrected chi connectivity index (χ3v) is 2.51. The number of anilines is 2. The Bertz CT molecular complexity index is 513. The zero-order valence-electron chi connectivity index (χ0n) is 11.0. The number of hydrogen-bond acceptors (Lipinski definition) is 5. The van der Waals surface area contributed by atoms with E-state index in [1.54, 1.807) is 12.5 Å². The van der Waals surface area contributed by atoms with E-state index in [2.05, 4.69) is 25.6 Å². The summed E-state index contributed by atoms with van der Waals surface area (Å²) >= 11 is 0. The van der Waals surface area contributed by atoms with E-state index in [1.165, 1.54) is 0 Å². The molecule has 0 aromatic carbocycles. The van der Waals surface area contributed by atoms with Crippen LogP contribution in [-0.2, 0) is 6.54 Å². The van der Waals surface area contributed by atoms with Crippen LogP contribution in [0.3, 0.4) is 0 Å². The summed E-state index contributed by atoms with van der Waals surface area (Å²) in [7, 11) is 0. The van der Waals surface area contributed by atoms with Crippen molar-refractivity contribution < 1.29 is 4.39 Å². The van der Waals surface area contributed by atoms with Gasteiger partial charge in [-0.3, -0.25) is 0 Å². The molecular weight excluding hydrogens is 247 g/mol. The lowest BCUT2D eigenvalue weighted by atomic mass is 10.3. The van der Waals surface area contributed by atoms with E-state index in [1.807, 2.05) is 24.6 Å². The van der Waals surface area contributed by atoms with E-state index in [-0.39, 0.29) is 11.9 Å². The number of imidazole rings is 1. The SMILES string of the molecule is CCNc1ncc(F)c(NC(C)Cn2ccnc2)n1. The van der Waals surface area contributed by atoms with E-state index in [9.17, 15) is 4.39 Å². The molecule has 0 saturated carbocycles. The number of halogens is 1. The Labute approximate surface area is 111 Å². The van der Waals surface area contributed by atoms with Crippen LogP contribution in [0.4, 0.5) is 16.2 Å². The van der Waals surface area contributed by atoms with Crippen molar-refractivity contribution in [2.45, 2.75) is 26.4 Å². The number of nitrogens with one attached hydrogen (secondary N) is 2. The first kappa shape index (κ1) is 13.3. The molecule has 0 spiro atoms. The topological polar surface area (TPSA) is 67.7 Å². The van der Waals surface area contributed by atoms with E-state index in [0.717, 1.165) is 6.20 Å². The first-order chi connectivity index (χ1) is 9.19. The molecule has 6 nitrogen and oxygen atoms in total. The first-order valence-electron chi connectivity index (χ1n) is 6.17. The highest BCUT2D eigenvalue weighted by molar-refractivity contribution is 5.41. The van der Waals surface area contributed by atoms with E-state index >= 15 is 0 Å². The van der Waals surface area contributed by atoms with E-state index in [4.69, 9.17) is 0 Å². The Morgan fingerprint density at radius 1 is 1.47 bits per heavy atom. The van der Waals surface area contributed by atoms with Crippen LogP contribution in [-0.4, -0.2) is 32.1 Å². The third kappa shape index (κ3) is 3.64. The van der Waals surface area contributed by atoms with Gasteiger partial charge in [0.25, 0.3) is 0 Å². The molecule has 2 N–H and O–H groups in total. The largest absolute Gasteiger partial charge is 0.363 e. The van der Waals surface area contributed by atoms with Crippen molar-refractivity contribution >= 4 is 11.8 Å². The molecule has 102 valence electrons. The van der Waals surface area contributed by atoms with Crippen LogP contribution in [0, 0.1) is 5.82 Å². The van der Waals surface area contributed by atoms with Gasteiger partial charge in [-0.15, -0.1) is 0 Å². The summed E-state index contributed by atoms with van der Waals surface area (Å²) in [5.74, 6) is 0.166. The molecule has 0 aliphatic rings. The molecule has 2 aromatic heterocycles. The van der Waals surface area contributed by atoms with Gasteiger partial charge in [-0.1, -0.05) is 0 Å². The van der Waals surface area contributed by atoms with Crippen LogP contribution in [0.1, 0.15) is 13.8 Å². The fourth-order valence-corrected chi connectivity index (χ4v) is 1.70. The minimum atomic E-state index is -0.459.